The highest BCUT2D eigenvalue weighted by molar-refractivity contribution is 6.30. The highest BCUT2D eigenvalue weighted by Gasteiger charge is 2.23. The molecule has 0 saturated heterocycles. The van der Waals surface area contributed by atoms with Crippen molar-refractivity contribution in [1.29, 1.82) is 0 Å². The molecular weight excluding hydrogens is 246 g/mol. The van der Waals surface area contributed by atoms with Crippen LogP contribution in [0.5, 0.6) is 0 Å². The summed E-state index contributed by atoms with van der Waals surface area (Å²) >= 11 is 6.26. The standard InChI is InChI=1S/C14H24ClN3/c1-4-11-7-5-6-8-13(11)16-9-12-10(2)17-18(3)14(12)15/h11,13,16H,4-9H2,1-3H3. The minimum absolute atomic E-state index is 0.652. The lowest BCUT2D eigenvalue weighted by Crippen LogP contribution is -2.37. The van der Waals surface area contributed by atoms with Gasteiger partial charge in [0.05, 0.1) is 5.69 Å². The first-order valence-electron chi connectivity index (χ1n) is 7.04. The first-order chi connectivity index (χ1) is 8.63. The van der Waals surface area contributed by atoms with Gasteiger partial charge in [0.15, 0.2) is 0 Å². The van der Waals surface area contributed by atoms with E-state index in [4.69, 9.17) is 11.6 Å². The Labute approximate surface area is 115 Å². The summed E-state index contributed by atoms with van der Waals surface area (Å²) in [7, 11) is 1.90. The van der Waals surface area contributed by atoms with E-state index in [0.29, 0.717) is 6.04 Å². The highest BCUT2D eigenvalue weighted by atomic mass is 35.5. The molecule has 3 nitrogen and oxygen atoms in total. The molecule has 102 valence electrons. The molecule has 1 aromatic rings. The van der Waals surface area contributed by atoms with E-state index in [1.807, 2.05) is 14.0 Å². The molecule has 1 aliphatic rings. The van der Waals surface area contributed by atoms with Crippen molar-refractivity contribution in [2.45, 2.75) is 58.5 Å². The van der Waals surface area contributed by atoms with E-state index in [2.05, 4.69) is 17.3 Å². The maximum Gasteiger partial charge on any atom is 0.131 e. The van der Waals surface area contributed by atoms with Crippen LogP contribution in [-0.2, 0) is 13.6 Å². The number of halogens is 1. The first kappa shape index (κ1) is 13.9. The minimum atomic E-state index is 0.652. The summed E-state index contributed by atoms with van der Waals surface area (Å²) < 4.78 is 1.76. The lowest BCUT2D eigenvalue weighted by atomic mass is 9.83. The van der Waals surface area contributed by atoms with Crippen molar-refractivity contribution in [3.05, 3.63) is 16.4 Å². The Morgan fingerprint density at radius 1 is 1.39 bits per heavy atom. The number of rotatable bonds is 4. The first-order valence-corrected chi connectivity index (χ1v) is 7.42. The van der Waals surface area contributed by atoms with Gasteiger partial charge in [0, 0.05) is 25.2 Å². The van der Waals surface area contributed by atoms with Crippen LogP contribution in [0.2, 0.25) is 5.15 Å². The monoisotopic (exact) mass is 269 g/mol. The number of hydrogen-bond donors (Lipinski definition) is 1. The van der Waals surface area contributed by atoms with E-state index < -0.39 is 0 Å². The van der Waals surface area contributed by atoms with Gasteiger partial charge in [-0.1, -0.05) is 37.8 Å². The lowest BCUT2D eigenvalue weighted by Gasteiger charge is -2.31. The third-order valence-corrected chi connectivity index (χ3v) is 4.72. The van der Waals surface area contributed by atoms with Gasteiger partial charge in [-0.3, -0.25) is 4.68 Å². The van der Waals surface area contributed by atoms with Gasteiger partial charge in [-0.25, -0.2) is 0 Å². The summed E-state index contributed by atoms with van der Waals surface area (Å²) in [5, 5.41) is 8.82. The molecule has 1 aromatic heterocycles. The Morgan fingerprint density at radius 2 is 2.11 bits per heavy atom. The predicted molar refractivity (Wildman–Crippen MR) is 75.8 cm³/mol. The summed E-state index contributed by atoms with van der Waals surface area (Å²) in [6.45, 7) is 5.17. The maximum atomic E-state index is 6.26. The van der Waals surface area contributed by atoms with E-state index in [9.17, 15) is 0 Å². The predicted octanol–water partition coefficient (Wildman–Crippen LogP) is 3.44. The summed E-state index contributed by atoms with van der Waals surface area (Å²) in [5.74, 6) is 0.828. The van der Waals surface area contributed by atoms with E-state index in [1.165, 1.54) is 32.1 Å². The summed E-state index contributed by atoms with van der Waals surface area (Å²) in [6, 6.07) is 0.652. The van der Waals surface area contributed by atoms with Crippen molar-refractivity contribution in [3.63, 3.8) is 0 Å². The van der Waals surface area contributed by atoms with Crippen LogP contribution in [0.15, 0.2) is 0 Å². The molecule has 18 heavy (non-hydrogen) atoms. The molecule has 0 aromatic carbocycles. The molecule has 4 heteroatoms. The van der Waals surface area contributed by atoms with E-state index >= 15 is 0 Å². The summed E-state index contributed by atoms with van der Waals surface area (Å²) in [5.41, 5.74) is 2.19. The number of nitrogens with zero attached hydrogens (tertiary/aromatic N) is 2. The van der Waals surface area contributed by atoms with Gasteiger partial charge in [0.2, 0.25) is 0 Å². The molecule has 1 N–H and O–H groups in total. The van der Waals surface area contributed by atoms with Crippen LogP contribution in [-0.4, -0.2) is 15.8 Å². The van der Waals surface area contributed by atoms with Crippen molar-refractivity contribution in [1.82, 2.24) is 15.1 Å². The quantitative estimate of drug-likeness (QED) is 0.907. The van der Waals surface area contributed by atoms with Crippen molar-refractivity contribution < 1.29 is 0 Å². The topological polar surface area (TPSA) is 29.9 Å². The van der Waals surface area contributed by atoms with E-state index in [-0.39, 0.29) is 0 Å². The largest absolute Gasteiger partial charge is 0.309 e. The second-order valence-corrected chi connectivity index (χ2v) is 5.78. The number of hydrogen-bond acceptors (Lipinski definition) is 2. The molecule has 0 radical (unpaired) electrons. The zero-order valence-corrected chi connectivity index (χ0v) is 12.4. The maximum absolute atomic E-state index is 6.26. The van der Waals surface area contributed by atoms with E-state index in [0.717, 1.165) is 28.9 Å². The average molecular weight is 270 g/mol. The summed E-state index contributed by atoms with van der Waals surface area (Å²) in [6.07, 6.45) is 6.69. The van der Waals surface area contributed by atoms with Crippen LogP contribution in [0.25, 0.3) is 0 Å². The van der Waals surface area contributed by atoms with Gasteiger partial charge in [-0.05, 0) is 25.7 Å². The fraction of sp³-hybridized carbons (Fsp3) is 0.786. The molecule has 0 aliphatic heterocycles. The number of nitrogens with one attached hydrogen (secondary N) is 1. The fourth-order valence-electron chi connectivity index (χ4n) is 3.07. The van der Waals surface area contributed by atoms with Gasteiger partial charge in [0.1, 0.15) is 5.15 Å². The lowest BCUT2D eigenvalue weighted by molar-refractivity contribution is 0.254. The fourth-order valence-corrected chi connectivity index (χ4v) is 3.31. The second-order valence-electron chi connectivity index (χ2n) is 5.42. The molecule has 1 fully saturated rings. The SMILES string of the molecule is CCC1CCCCC1NCc1c(C)nn(C)c1Cl. The van der Waals surface area contributed by atoms with Crippen LogP contribution in [0.3, 0.4) is 0 Å². The Kier molecular flexibility index (Phi) is 4.68. The molecule has 2 atom stereocenters. The molecular formula is C14H24ClN3. The zero-order chi connectivity index (χ0) is 13.1. The van der Waals surface area contributed by atoms with Crippen molar-refractivity contribution in [2.75, 3.05) is 0 Å². The normalized spacial score (nSPS) is 24.4. The van der Waals surface area contributed by atoms with Crippen molar-refractivity contribution in [3.8, 4) is 0 Å². The Balaban J connectivity index is 1.98. The zero-order valence-electron chi connectivity index (χ0n) is 11.7. The van der Waals surface area contributed by atoms with Gasteiger partial charge in [-0.2, -0.15) is 5.10 Å². The molecule has 0 amide bonds. The third kappa shape index (κ3) is 2.89. The van der Waals surface area contributed by atoms with Crippen LogP contribution in [0, 0.1) is 12.8 Å². The minimum Gasteiger partial charge on any atom is -0.309 e. The van der Waals surface area contributed by atoms with Crippen LogP contribution >= 0.6 is 11.6 Å². The number of aryl methyl sites for hydroxylation is 2. The third-order valence-electron chi connectivity index (χ3n) is 4.24. The van der Waals surface area contributed by atoms with Crippen LogP contribution in [0.1, 0.15) is 50.3 Å². The highest BCUT2D eigenvalue weighted by Crippen LogP contribution is 2.27. The molecule has 0 spiro atoms. The van der Waals surface area contributed by atoms with Gasteiger partial charge >= 0.3 is 0 Å². The molecule has 1 heterocycles. The van der Waals surface area contributed by atoms with Gasteiger partial charge in [0.25, 0.3) is 0 Å². The van der Waals surface area contributed by atoms with Crippen molar-refractivity contribution in [2.24, 2.45) is 13.0 Å². The Morgan fingerprint density at radius 3 is 2.72 bits per heavy atom. The molecule has 0 bridgehead atoms. The number of aromatic nitrogens is 2. The Hall–Kier alpha value is -0.540. The molecule has 1 saturated carbocycles. The molecule has 2 unspecified atom stereocenters. The average Bonchev–Trinajstić information content (AvgIpc) is 2.62. The smallest absolute Gasteiger partial charge is 0.131 e. The summed E-state index contributed by atoms with van der Waals surface area (Å²) in [4.78, 5) is 0. The Bertz CT molecular complexity index is 400. The van der Waals surface area contributed by atoms with Gasteiger partial charge in [-0.15, -0.1) is 0 Å². The van der Waals surface area contributed by atoms with E-state index in [1.54, 1.807) is 4.68 Å². The second kappa shape index (κ2) is 6.07. The van der Waals surface area contributed by atoms with Crippen LogP contribution < -0.4 is 5.32 Å². The van der Waals surface area contributed by atoms with Gasteiger partial charge < -0.3 is 5.32 Å². The molecule has 2 rings (SSSR count). The van der Waals surface area contributed by atoms with Crippen LogP contribution in [0.4, 0.5) is 0 Å². The van der Waals surface area contributed by atoms with Crippen molar-refractivity contribution >= 4 is 11.6 Å². The molecule has 1 aliphatic carbocycles.